The minimum Gasteiger partial charge on any atom is -0.481 e. The molecule has 0 bridgehead atoms. The molecule has 0 saturated carbocycles. The molecule has 1 unspecified atom stereocenters. The Bertz CT molecular complexity index is 130. The Balaban J connectivity index is 0. The van der Waals surface area contributed by atoms with E-state index in [4.69, 9.17) is 10.2 Å². The van der Waals surface area contributed by atoms with Crippen molar-refractivity contribution in [3.05, 3.63) is 0 Å². The van der Waals surface area contributed by atoms with Gasteiger partial charge in [0.1, 0.15) is 0 Å². The molecule has 0 spiro atoms. The van der Waals surface area contributed by atoms with Crippen LogP contribution in [0.3, 0.4) is 0 Å². The summed E-state index contributed by atoms with van der Waals surface area (Å²) in [4.78, 5) is 19.8. The quantitative estimate of drug-likeness (QED) is 0.621. The summed E-state index contributed by atoms with van der Waals surface area (Å²) in [6.07, 6.45) is -0.310. The summed E-state index contributed by atoms with van der Waals surface area (Å²) in [6, 6.07) is 0. The monoisotopic (exact) mass is 148 g/mol. The molecule has 0 aliphatic heterocycles. The molecular formula is C6H12O4. The standard InChI is InChI=1S/C5H8O4.CH4/c1-3(5(8)9)2-4(6)7;/h3H,2H2,1H3,(H,6,7)(H,8,9);1H4. The van der Waals surface area contributed by atoms with E-state index in [1.165, 1.54) is 6.92 Å². The fourth-order valence-corrected chi connectivity index (χ4v) is 0.349. The lowest BCUT2D eigenvalue weighted by Crippen LogP contribution is -2.13. The van der Waals surface area contributed by atoms with Crippen LogP contribution in [0, 0.1) is 5.92 Å². The molecule has 0 amide bonds. The molecule has 2 N–H and O–H groups in total. The highest BCUT2D eigenvalue weighted by atomic mass is 16.4. The summed E-state index contributed by atoms with van der Waals surface area (Å²) in [7, 11) is 0. The van der Waals surface area contributed by atoms with Gasteiger partial charge < -0.3 is 10.2 Å². The molecule has 4 heteroatoms. The fraction of sp³-hybridized carbons (Fsp3) is 0.667. The number of carbonyl (C=O) groups is 2. The largest absolute Gasteiger partial charge is 0.481 e. The number of hydrogen-bond acceptors (Lipinski definition) is 2. The van der Waals surface area contributed by atoms with Crippen LogP contribution in [-0.4, -0.2) is 22.2 Å². The Morgan fingerprint density at radius 2 is 1.80 bits per heavy atom. The molecule has 0 rings (SSSR count). The molecule has 0 aromatic rings. The zero-order valence-corrected chi connectivity index (χ0v) is 5.00. The van der Waals surface area contributed by atoms with Crippen LogP contribution in [0.5, 0.6) is 0 Å². The lowest BCUT2D eigenvalue weighted by Gasteiger charge is -1.98. The van der Waals surface area contributed by atoms with Crippen LogP contribution in [0.2, 0.25) is 0 Å². The van der Waals surface area contributed by atoms with Crippen LogP contribution >= 0.6 is 0 Å². The van der Waals surface area contributed by atoms with Crippen molar-refractivity contribution in [2.75, 3.05) is 0 Å². The third kappa shape index (κ3) is 5.08. The normalized spacial score (nSPS) is 11.3. The van der Waals surface area contributed by atoms with Crippen LogP contribution in [0.1, 0.15) is 20.8 Å². The predicted molar refractivity (Wildman–Crippen MR) is 35.8 cm³/mol. The first-order valence-electron chi connectivity index (χ1n) is 2.48. The van der Waals surface area contributed by atoms with Gasteiger partial charge in [-0.1, -0.05) is 14.4 Å². The molecule has 0 radical (unpaired) electrons. The molecular weight excluding hydrogens is 136 g/mol. The maximum Gasteiger partial charge on any atom is 0.306 e. The fourth-order valence-electron chi connectivity index (χ4n) is 0.349. The van der Waals surface area contributed by atoms with Crippen molar-refractivity contribution in [2.45, 2.75) is 20.8 Å². The summed E-state index contributed by atoms with van der Waals surface area (Å²) in [5, 5.41) is 16.2. The third-order valence-corrected chi connectivity index (χ3v) is 0.902. The average Bonchev–Trinajstić information content (AvgIpc) is 1.63. The average molecular weight is 148 g/mol. The van der Waals surface area contributed by atoms with E-state index in [0.717, 1.165) is 0 Å². The van der Waals surface area contributed by atoms with Crippen LogP contribution in [-0.2, 0) is 9.59 Å². The maximum absolute atomic E-state index is 9.97. The Morgan fingerprint density at radius 3 is 1.90 bits per heavy atom. The van der Waals surface area contributed by atoms with Gasteiger partial charge in [0.15, 0.2) is 0 Å². The molecule has 0 fully saturated rings. The Morgan fingerprint density at radius 1 is 1.40 bits per heavy atom. The summed E-state index contributed by atoms with van der Waals surface area (Å²) < 4.78 is 0. The zero-order chi connectivity index (χ0) is 7.44. The van der Waals surface area contributed by atoms with Gasteiger partial charge in [-0.3, -0.25) is 9.59 Å². The Labute approximate surface area is 59.5 Å². The number of carboxylic acids is 2. The van der Waals surface area contributed by atoms with Gasteiger partial charge in [-0.25, -0.2) is 0 Å². The summed E-state index contributed by atoms with van der Waals surface area (Å²) in [6.45, 7) is 1.36. The van der Waals surface area contributed by atoms with Crippen LogP contribution < -0.4 is 0 Å². The van der Waals surface area contributed by atoms with Gasteiger partial charge in [0, 0.05) is 0 Å². The van der Waals surface area contributed by atoms with Crippen molar-refractivity contribution < 1.29 is 19.8 Å². The minimum atomic E-state index is -1.08. The Kier molecular flexibility index (Phi) is 5.60. The predicted octanol–water partition coefficient (Wildman–Crippen LogP) is 0.818. The Hall–Kier alpha value is -1.06. The van der Waals surface area contributed by atoms with Crippen LogP contribution in [0.25, 0.3) is 0 Å². The van der Waals surface area contributed by atoms with E-state index >= 15 is 0 Å². The van der Waals surface area contributed by atoms with Crippen LogP contribution in [0.15, 0.2) is 0 Å². The van der Waals surface area contributed by atoms with Crippen molar-refractivity contribution in [3.8, 4) is 0 Å². The molecule has 0 heterocycles. The van der Waals surface area contributed by atoms with Crippen LogP contribution in [0.4, 0.5) is 0 Å². The second-order valence-corrected chi connectivity index (χ2v) is 1.84. The van der Waals surface area contributed by atoms with E-state index in [1.807, 2.05) is 0 Å². The summed E-state index contributed by atoms with van der Waals surface area (Å²) in [5.74, 6) is -2.94. The van der Waals surface area contributed by atoms with E-state index in [9.17, 15) is 9.59 Å². The molecule has 60 valence electrons. The number of hydrogen-bond donors (Lipinski definition) is 2. The zero-order valence-electron chi connectivity index (χ0n) is 5.00. The van der Waals surface area contributed by atoms with E-state index in [1.54, 1.807) is 0 Å². The SMILES string of the molecule is C.CC(CC(=O)O)C(=O)O. The highest BCUT2D eigenvalue weighted by Crippen LogP contribution is 1.99. The topological polar surface area (TPSA) is 74.6 Å². The smallest absolute Gasteiger partial charge is 0.306 e. The van der Waals surface area contributed by atoms with E-state index in [2.05, 4.69) is 0 Å². The van der Waals surface area contributed by atoms with Gasteiger partial charge in [0.05, 0.1) is 12.3 Å². The van der Waals surface area contributed by atoms with E-state index in [0.29, 0.717) is 0 Å². The van der Waals surface area contributed by atoms with E-state index in [-0.39, 0.29) is 13.8 Å². The van der Waals surface area contributed by atoms with Gasteiger partial charge in [-0.15, -0.1) is 0 Å². The first-order chi connectivity index (χ1) is 4.04. The van der Waals surface area contributed by atoms with Gasteiger partial charge >= 0.3 is 11.9 Å². The highest BCUT2D eigenvalue weighted by Gasteiger charge is 2.13. The number of aliphatic carboxylic acids is 2. The van der Waals surface area contributed by atoms with Gasteiger partial charge in [0.25, 0.3) is 0 Å². The number of rotatable bonds is 3. The second kappa shape index (κ2) is 4.78. The lowest BCUT2D eigenvalue weighted by molar-refractivity contribution is -0.147. The molecule has 1 atom stereocenters. The van der Waals surface area contributed by atoms with Gasteiger partial charge in [0.2, 0.25) is 0 Å². The molecule has 0 saturated heterocycles. The molecule has 0 aromatic heterocycles. The molecule has 10 heavy (non-hydrogen) atoms. The van der Waals surface area contributed by atoms with Crippen molar-refractivity contribution >= 4 is 11.9 Å². The molecule has 0 aliphatic rings. The van der Waals surface area contributed by atoms with Gasteiger partial charge in [-0.2, -0.15) is 0 Å². The molecule has 0 aliphatic carbocycles. The minimum absolute atomic E-state index is 0. The van der Waals surface area contributed by atoms with E-state index < -0.39 is 17.9 Å². The van der Waals surface area contributed by atoms with Crippen molar-refractivity contribution in [1.29, 1.82) is 0 Å². The number of carboxylic acid groups (broad SMARTS) is 2. The molecule has 4 nitrogen and oxygen atoms in total. The molecule has 0 aromatic carbocycles. The third-order valence-electron chi connectivity index (χ3n) is 0.902. The van der Waals surface area contributed by atoms with Crippen molar-refractivity contribution in [1.82, 2.24) is 0 Å². The lowest BCUT2D eigenvalue weighted by atomic mass is 10.1. The first kappa shape index (κ1) is 11.7. The first-order valence-corrected chi connectivity index (χ1v) is 2.48. The summed E-state index contributed by atoms with van der Waals surface area (Å²) in [5.41, 5.74) is 0. The van der Waals surface area contributed by atoms with Crippen molar-refractivity contribution in [2.24, 2.45) is 5.92 Å². The maximum atomic E-state index is 9.97. The van der Waals surface area contributed by atoms with Crippen molar-refractivity contribution in [3.63, 3.8) is 0 Å². The summed E-state index contributed by atoms with van der Waals surface area (Å²) >= 11 is 0. The van der Waals surface area contributed by atoms with Gasteiger partial charge in [-0.05, 0) is 0 Å². The second-order valence-electron chi connectivity index (χ2n) is 1.84. The highest BCUT2D eigenvalue weighted by molar-refractivity contribution is 5.77.